The number of hydrogen-bond donors (Lipinski definition) is 0. The third-order valence-electron chi connectivity index (χ3n) is 6.11. The molecule has 2 aromatic rings. The molecule has 0 unspecified atom stereocenters. The molecule has 30 heavy (non-hydrogen) atoms. The number of ether oxygens (including phenoxy) is 1. The molecule has 1 aliphatic rings. The maximum atomic E-state index is 13.1. The molecule has 0 radical (unpaired) electrons. The summed E-state index contributed by atoms with van der Waals surface area (Å²) in [4.78, 5) is 13.2. The lowest BCUT2D eigenvalue weighted by Crippen LogP contribution is -2.34. The normalized spacial score (nSPS) is 17.2. The van der Waals surface area contributed by atoms with E-state index < -0.39 is 6.36 Å². The first-order valence-corrected chi connectivity index (χ1v) is 9.97. The predicted octanol–water partition coefficient (Wildman–Crippen LogP) is 6.48. The van der Waals surface area contributed by atoms with Gasteiger partial charge in [0.1, 0.15) is 12.0 Å². The van der Waals surface area contributed by atoms with Gasteiger partial charge in [-0.2, -0.15) is 0 Å². The van der Waals surface area contributed by atoms with Gasteiger partial charge in [0.15, 0.2) is 0 Å². The molecule has 6 heteroatoms. The van der Waals surface area contributed by atoms with Crippen LogP contribution in [0.1, 0.15) is 62.0 Å². The van der Waals surface area contributed by atoms with Gasteiger partial charge in [-0.1, -0.05) is 27.7 Å². The number of alkyl halides is 3. The van der Waals surface area contributed by atoms with Crippen molar-refractivity contribution >= 4 is 12.0 Å². The van der Waals surface area contributed by atoms with E-state index in [1.807, 2.05) is 25.1 Å². The van der Waals surface area contributed by atoms with Crippen LogP contribution in [0.5, 0.6) is 5.75 Å². The Morgan fingerprint density at radius 2 is 1.50 bits per heavy atom. The molecule has 0 bridgehead atoms. The molecule has 0 fully saturated rings. The molecule has 0 heterocycles. The smallest absolute Gasteiger partial charge is 0.405 e. The summed E-state index contributed by atoms with van der Waals surface area (Å²) in [5, 5.41) is 0. The Labute approximate surface area is 175 Å². The van der Waals surface area contributed by atoms with Crippen molar-refractivity contribution in [3.63, 3.8) is 0 Å². The molecular formula is C24H28F3NO2. The summed E-state index contributed by atoms with van der Waals surface area (Å²) in [6.07, 6.45) is -2.19. The van der Waals surface area contributed by atoms with E-state index >= 15 is 0 Å². The van der Waals surface area contributed by atoms with Crippen molar-refractivity contribution in [3.8, 4) is 16.9 Å². The highest BCUT2D eigenvalue weighted by Crippen LogP contribution is 2.50. The maximum absolute atomic E-state index is 13.1. The number of aldehydes is 1. The van der Waals surface area contributed by atoms with E-state index in [9.17, 15) is 18.0 Å². The van der Waals surface area contributed by atoms with E-state index in [1.54, 1.807) is 0 Å². The van der Waals surface area contributed by atoms with Gasteiger partial charge in [-0.3, -0.25) is 4.79 Å². The molecule has 0 spiro atoms. The lowest BCUT2D eigenvalue weighted by atomic mass is 9.62. The molecular weight excluding hydrogens is 391 g/mol. The van der Waals surface area contributed by atoms with E-state index in [0.29, 0.717) is 17.4 Å². The Balaban J connectivity index is 2.35. The monoisotopic (exact) mass is 419 g/mol. The number of fused-ring (bicyclic) bond motifs is 1. The zero-order valence-corrected chi connectivity index (χ0v) is 18.3. The fraction of sp³-hybridized carbons (Fsp3) is 0.458. The highest BCUT2D eigenvalue weighted by Gasteiger charge is 2.38. The van der Waals surface area contributed by atoms with Crippen molar-refractivity contribution in [1.82, 2.24) is 0 Å². The number of nitrogens with zero attached hydrogens (tertiary/aromatic N) is 1. The van der Waals surface area contributed by atoms with Crippen LogP contribution < -0.4 is 9.64 Å². The summed E-state index contributed by atoms with van der Waals surface area (Å²) in [6.45, 7) is 8.72. The highest BCUT2D eigenvalue weighted by molar-refractivity contribution is 5.88. The van der Waals surface area contributed by atoms with Crippen LogP contribution in [0.25, 0.3) is 11.1 Å². The number of anilines is 1. The quantitative estimate of drug-likeness (QED) is 0.531. The Morgan fingerprint density at radius 3 is 2.00 bits per heavy atom. The third kappa shape index (κ3) is 4.18. The summed E-state index contributed by atoms with van der Waals surface area (Å²) in [6, 6.07) is 8.07. The summed E-state index contributed by atoms with van der Waals surface area (Å²) in [7, 11) is 3.72. The molecule has 0 amide bonds. The minimum Gasteiger partial charge on any atom is -0.405 e. The van der Waals surface area contributed by atoms with Gasteiger partial charge in [0, 0.05) is 36.5 Å². The van der Waals surface area contributed by atoms with Gasteiger partial charge in [-0.25, -0.2) is 0 Å². The van der Waals surface area contributed by atoms with Crippen molar-refractivity contribution in [2.75, 3.05) is 19.0 Å². The Hall–Kier alpha value is -2.50. The molecule has 0 aromatic heterocycles. The summed E-state index contributed by atoms with van der Waals surface area (Å²) >= 11 is 0. The van der Waals surface area contributed by atoms with E-state index in [-0.39, 0.29) is 22.1 Å². The average Bonchev–Trinajstić information content (AvgIpc) is 2.64. The van der Waals surface area contributed by atoms with Crippen molar-refractivity contribution in [1.29, 1.82) is 0 Å². The van der Waals surface area contributed by atoms with Gasteiger partial charge in [0.2, 0.25) is 0 Å². The SMILES string of the molecule is CN(C)c1cc2c(cc1-c1cc(C=O)ccc1OC(F)(F)F)C(C)(C)CCC2(C)C. The van der Waals surface area contributed by atoms with Gasteiger partial charge in [-0.05, 0) is 65.1 Å². The topological polar surface area (TPSA) is 29.5 Å². The van der Waals surface area contributed by atoms with Crippen molar-refractivity contribution < 1.29 is 22.7 Å². The second kappa shape index (κ2) is 7.33. The highest BCUT2D eigenvalue weighted by atomic mass is 19.4. The van der Waals surface area contributed by atoms with Crippen molar-refractivity contribution in [3.05, 3.63) is 47.0 Å². The van der Waals surface area contributed by atoms with Gasteiger partial charge in [0.05, 0.1) is 0 Å². The van der Waals surface area contributed by atoms with Gasteiger partial charge in [0.25, 0.3) is 0 Å². The molecule has 2 aromatic carbocycles. The van der Waals surface area contributed by atoms with E-state index in [4.69, 9.17) is 0 Å². The standard InChI is InChI=1S/C24H28F3NO2/c1-22(2)9-10-23(3,4)19-13-20(28(5)6)16(12-18(19)22)17-11-15(14-29)7-8-21(17)30-24(25,26)27/h7-8,11-14H,9-10H2,1-6H3. The maximum Gasteiger partial charge on any atom is 0.573 e. The third-order valence-corrected chi connectivity index (χ3v) is 6.11. The largest absolute Gasteiger partial charge is 0.573 e. The lowest BCUT2D eigenvalue weighted by molar-refractivity contribution is -0.274. The van der Waals surface area contributed by atoms with Crippen molar-refractivity contribution in [2.45, 2.75) is 57.7 Å². The van der Waals surface area contributed by atoms with Crippen LogP contribution in [0.3, 0.4) is 0 Å². The molecule has 3 nitrogen and oxygen atoms in total. The van der Waals surface area contributed by atoms with Crippen LogP contribution in [0.2, 0.25) is 0 Å². The number of benzene rings is 2. The van der Waals surface area contributed by atoms with Crippen LogP contribution in [0.4, 0.5) is 18.9 Å². The number of halogens is 3. The minimum absolute atomic E-state index is 0.0376. The number of carbonyl (C=O) groups is 1. The Bertz CT molecular complexity index is 975. The minimum atomic E-state index is -4.83. The summed E-state index contributed by atoms with van der Waals surface area (Å²) in [5.74, 6) is -0.316. The number of rotatable bonds is 4. The van der Waals surface area contributed by atoms with Crippen LogP contribution in [-0.2, 0) is 10.8 Å². The average molecular weight is 419 g/mol. The van der Waals surface area contributed by atoms with E-state index in [2.05, 4.69) is 38.5 Å². The summed E-state index contributed by atoms with van der Waals surface area (Å²) < 4.78 is 43.5. The second-order valence-corrected chi connectivity index (χ2v) is 9.50. The first-order chi connectivity index (χ1) is 13.7. The summed E-state index contributed by atoms with van der Waals surface area (Å²) in [5.41, 5.74) is 4.12. The molecule has 1 aliphatic carbocycles. The van der Waals surface area contributed by atoms with Crippen LogP contribution in [0, 0.1) is 0 Å². The lowest BCUT2D eigenvalue weighted by Gasteiger charge is -2.43. The first kappa shape index (κ1) is 22.2. The zero-order valence-electron chi connectivity index (χ0n) is 18.3. The van der Waals surface area contributed by atoms with E-state index in [0.717, 1.165) is 24.1 Å². The zero-order chi connectivity index (χ0) is 22.5. The number of hydrogen-bond acceptors (Lipinski definition) is 3. The van der Waals surface area contributed by atoms with Crippen LogP contribution in [0.15, 0.2) is 30.3 Å². The van der Waals surface area contributed by atoms with Gasteiger partial charge < -0.3 is 9.64 Å². The fourth-order valence-electron chi connectivity index (χ4n) is 4.23. The fourth-order valence-corrected chi connectivity index (χ4v) is 4.23. The molecule has 0 atom stereocenters. The van der Waals surface area contributed by atoms with Crippen molar-refractivity contribution in [2.24, 2.45) is 0 Å². The van der Waals surface area contributed by atoms with Gasteiger partial charge in [-0.15, -0.1) is 13.2 Å². The molecule has 0 N–H and O–H groups in total. The Kier molecular flexibility index (Phi) is 5.42. The van der Waals surface area contributed by atoms with E-state index in [1.165, 1.54) is 23.8 Å². The second-order valence-electron chi connectivity index (χ2n) is 9.50. The van der Waals surface area contributed by atoms with Gasteiger partial charge >= 0.3 is 6.36 Å². The predicted molar refractivity (Wildman–Crippen MR) is 114 cm³/mol. The molecule has 0 saturated carbocycles. The number of carbonyl (C=O) groups excluding carboxylic acids is 1. The molecule has 0 aliphatic heterocycles. The molecule has 0 saturated heterocycles. The van der Waals surface area contributed by atoms with Crippen LogP contribution >= 0.6 is 0 Å². The molecule has 3 rings (SSSR count). The Morgan fingerprint density at radius 1 is 0.933 bits per heavy atom. The molecule has 162 valence electrons. The van der Waals surface area contributed by atoms with Crippen LogP contribution in [-0.4, -0.2) is 26.7 Å². The first-order valence-electron chi connectivity index (χ1n) is 9.97.